The Bertz CT molecular complexity index is 418. The lowest BCUT2D eigenvalue weighted by atomic mass is 10.4. The zero-order chi connectivity index (χ0) is 9.97. The summed E-state index contributed by atoms with van der Waals surface area (Å²) in [6, 6.07) is 1.96. The van der Waals surface area contributed by atoms with Crippen LogP contribution in [0.4, 0.5) is 0 Å². The van der Waals surface area contributed by atoms with Crippen LogP contribution in [0.25, 0.3) is 10.7 Å². The Kier molecular flexibility index (Phi) is 2.60. The van der Waals surface area contributed by atoms with Crippen molar-refractivity contribution >= 4 is 11.3 Å². The molecule has 0 aromatic carbocycles. The number of hydrogen-bond acceptors (Lipinski definition) is 4. The van der Waals surface area contributed by atoms with Gasteiger partial charge in [0.05, 0.1) is 0 Å². The van der Waals surface area contributed by atoms with Gasteiger partial charge in [0.1, 0.15) is 10.7 Å². The normalized spacial score (nSPS) is 10.7. The summed E-state index contributed by atoms with van der Waals surface area (Å²) in [5, 5.41) is 5.25. The van der Waals surface area contributed by atoms with Gasteiger partial charge in [0.2, 0.25) is 0 Å². The first kappa shape index (κ1) is 9.36. The van der Waals surface area contributed by atoms with E-state index in [1.807, 2.05) is 25.5 Å². The Balaban J connectivity index is 2.24. The molecule has 14 heavy (non-hydrogen) atoms. The maximum Gasteiger partial charge on any atom is 0.143 e. The standard InChI is InChI=1S/C9H12N4S/c1-13-5-3-8(12-13)9-11-6-7(14-9)2-4-10/h3,5-6H,2,4,10H2,1H3. The fraction of sp³-hybridized carbons (Fsp3) is 0.333. The number of rotatable bonds is 3. The summed E-state index contributed by atoms with van der Waals surface area (Å²) in [6.45, 7) is 0.670. The van der Waals surface area contributed by atoms with Crippen molar-refractivity contribution in [2.45, 2.75) is 6.42 Å². The minimum atomic E-state index is 0.670. The van der Waals surface area contributed by atoms with Crippen LogP contribution in [0.5, 0.6) is 0 Å². The Labute approximate surface area is 86.4 Å². The van der Waals surface area contributed by atoms with Gasteiger partial charge in [-0.05, 0) is 19.0 Å². The molecule has 0 saturated heterocycles. The van der Waals surface area contributed by atoms with Crippen LogP contribution >= 0.6 is 11.3 Å². The van der Waals surface area contributed by atoms with Crippen LogP contribution in [0, 0.1) is 0 Å². The first-order valence-electron chi connectivity index (χ1n) is 4.44. The van der Waals surface area contributed by atoms with Crippen LogP contribution in [0.1, 0.15) is 4.88 Å². The molecule has 74 valence electrons. The van der Waals surface area contributed by atoms with Crippen LogP contribution in [-0.4, -0.2) is 21.3 Å². The Hall–Kier alpha value is -1.20. The number of nitrogens with two attached hydrogens (primary N) is 1. The molecule has 2 aromatic rings. The number of thiazole rings is 1. The maximum absolute atomic E-state index is 5.47. The van der Waals surface area contributed by atoms with Crippen molar-refractivity contribution < 1.29 is 0 Å². The van der Waals surface area contributed by atoms with E-state index in [1.165, 1.54) is 4.88 Å². The molecule has 0 aliphatic carbocycles. The van der Waals surface area contributed by atoms with E-state index in [2.05, 4.69) is 10.1 Å². The number of hydrogen-bond donors (Lipinski definition) is 1. The van der Waals surface area contributed by atoms with Crippen molar-refractivity contribution in [3.63, 3.8) is 0 Å². The van der Waals surface area contributed by atoms with Crippen molar-refractivity contribution in [1.29, 1.82) is 0 Å². The van der Waals surface area contributed by atoms with Crippen molar-refractivity contribution in [2.24, 2.45) is 12.8 Å². The summed E-state index contributed by atoms with van der Waals surface area (Å²) in [7, 11) is 1.90. The average Bonchev–Trinajstić information content (AvgIpc) is 2.74. The Morgan fingerprint density at radius 3 is 3.07 bits per heavy atom. The molecule has 2 rings (SSSR count). The molecule has 4 nitrogen and oxygen atoms in total. The second-order valence-corrected chi connectivity index (χ2v) is 4.16. The van der Waals surface area contributed by atoms with E-state index in [0.29, 0.717) is 6.54 Å². The van der Waals surface area contributed by atoms with Gasteiger partial charge in [-0.1, -0.05) is 0 Å². The third-order valence-corrected chi connectivity index (χ3v) is 2.96. The molecule has 0 radical (unpaired) electrons. The molecule has 0 fully saturated rings. The van der Waals surface area contributed by atoms with Crippen LogP contribution in [-0.2, 0) is 13.5 Å². The summed E-state index contributed by atoms with van der Waals surface area (Å²) < 4.78 is 1.78. The fourth-order valence-corrected chi connectivity index (χ4v) is 2.11. The van der Waals surface area contributed by atoms with Crippen molar-refractivity contribution in [1.82, 2.24) is 14.8 Å². The third-order valence-electron chi connectivity index (χ3n) is 1.88. The van der Waals surface area contributed by atoms with Gasteiger partial charge in [-0.15, -0.1) is 11.3 Å². The highest BCUT2D eigenvalue weighted by Crippen LogP contribution is 2.23. The number of nitrogens with zero attached hydrogens (tertiary/aromatic N) is 3. The van der Waals surface area contributed by atoms with E-state index >= 15 is 0 Å². The van der Waals surface area contributed by atoms with Crippen LogP contribution in [0.2, 0.25) is 0 Å². The molecule has 0 aliphatic heterocycles. The number of aromatic nitrogens is 3. The molecule has 0 bridgehead atoms. The first-order valence-corrected chi connectivity index (χ1v) is 5.26. The van der Waals surface area contributed by atoms with Crippen LogP contribution in [0.3, 0.4) is 0 Å². The Morgan fingerprint density at radius 2 is 2.43 bits per heavy atom. The molecular formula is C9H12N4S. The maximum atomic E-state index is 5.47. The van der Waals surface area contributed by atoms with Gasteiger partial charge in [0.25, 0.3) is 0 Å². The molecular weight excluding hydrogens is 196 g/mol. The third kappa shape index (κ3) is 1.83. The first-order chi connectivity index (χ1) is 6.79. The van der Waals surface area contributed by atoms with Crippen LogP contribution < -0.4 is 5.73 Å². The molecule has 0 unspecified atom stereocenters. The predicted octanol–water partition coefficient (Wildman–Crippen LogP) is 1.04. The summed E-state index contributed by atoms with van der Waals surface area (Å²) in [4.78, 5) is 5.52. The summed E-state index contributed by atoms with van der Waals surface area (Å²) in [5.74, 6) is 0. The molecule has 0 atom stereocenters. The minimum absolute atomic E-state index is 0.670. The van der Waals surface area contributed by atoms with Gasteiger partial charge < -0.3 is 5.73 Å². The van der Waals surface area contributed by atoms with Crippen LogP contribution in [0.15, 0.2) is 18.5 Å². The fourth-order valence-electron chi connectivity index (χ4n) is 1.21. The summed E-state index contributed by atoms with van der Waals surface area (Å²) >= 11 is 1.66. The molecule has 0 aliphatic rings. The monoisotopic (exact) mass is 208 g/mol. The predicted molar refractivity (Wildman–Crippen MR) is 57.1 cm³/mol. The molecule has 5 heteroatoms. The summed E-state index contributed by atoms with van der Waals surface area (Å²) in [6.07, 6.45) is 4.69. The molecule has 0 amide bonds. The van der Waals surface area contributed by atoms with E-state index in [-0.39, 0.29) is 0 Å². The largest absolute Gasteiger partial charge is 0.330 e. The van der Waals surface area contributed by atoms with E-state index in [0.717, 1.165) is 17.1 Å². The molecule has 0 saturated carbocycles. The van der Waals surface area contributed by atoms with Gasteiger partial charge >= 0.3 is 0 Å². The quantitative estimate of drug-likeness (QED) is 0.820. The molecule has 2 heterocycles. The SMILES string of the molecule is Cn1ccc(-c2ncc(CCN)s2)n1. The Morgan fingerprint density at radius 1 is 1.57 bits per heavy atom. The van der Waals surface area contributed by atoms with Gasteiger partial charge in [0, 0.05) is 24.3 Å². The van der Waals surface area contributed by atoms with Gasteiger partial charge in [-0.2, -0.15) is 5.10 Å². The second-order valence-electron chi connectivity index (χ2n) is 3.05. The molecule has 0 spiro atoms. The van der Waals surface area contributed by atoms with E-state index in [4.69, 9.17) is 5.73 Å². The number of aryl methyl sites for hydroxylation is 1. The van der Waals surface area contributed by atoms with Crippen molar-refractivity contribution in [2.75, 3.05) is 6.54 Å². The van der Waals surface area contributed by atoms with E-state index in [9.17, 15) is 0 Å². The van der Waals surface area contributed by atoms with Gasteiger partial charge in [0.15, 0.2) is 0 Å². The van der Waals surface area contributed by atoms with Gasteiger partial charge in [-0.3, -0.25) is 4.68 Å². The zero-order valence-corrected chi connectivity index (χ0v) is 8.79. The molecule has 2 N–H and O–H groups in total. The highest BCUT2D eigenvalue weighted by molar-refractivity contribution is 7.15. The van der Waals surface area contributed by atoms with Gasteiger partial charge in [-0.25, -0.2) is 4.98 Å². The summed E-state index contributed by atoms with van der Waals surface area (Å²) in [5.41, 5.74) is 6.40. The average molecular weight is 208 g/mol. The lowest BCUT2D eigenvalue weighted by Gasteiger charge is -1.88. The smallest absolute Gasteiger partial charge is 0.143 e. The lowest BCUT2D eigenvalue weighted by Crippen LogP contribution is -2.00. The van der Waals surface area contributed by atoms with Crippen molar-refractivity contribution in [3.8, 4) is 10.7 Å². The topological polar surface area (TPSA) is 56.7 Å². The zero-order valence-electron chi connectivity index (χ0n) is 7.97. The van der Waals surface area contributed by atoms with Crippen molar-refractivity contribution in [3.05, 3.63) is 23.3 Å². The highest BCUT2D eigenvalue weighted by Gasteiger charge is 2.06. The van der Waals surface area contributed by atoms with E-state index < -0.39 is 0 Å². The highest BCUT2D eigenvalue weighted by atomic mass is 32.1. The minimum Gasteiger partial charge on any atom is -0.330 e. The molecule has 2 aromatic heterocycles. The van der Waals surface area contributed by atoms with E-state index in [1.54, 1.807) is 16.0 Å². The second kappa shape index (κ2) is 3.89. The lowest BCUT2D eigenvalue weighted by molar-refractivity contribution is 0.770.